The van der Waals surface area contributed by atoms with Crippen LogP contribution in [0.3, 0.4) is 0 Å². The lowest BCUT2D eigenvalue weighted by Crippen LogP contribution is -2.40. The Morgan fingerprint density at radius 1 is 1.53 bits per heavy atom. The highest BCUT2D eigenvalue weighted by Gasteiger charge is 2.42. The van der Waals surface area contributed by atoms with Crippen molar-refractivity contribution in [3.63, 3.8) is 0 Å². The van der Waals surface area contributed by atoms with Crippen LogP contribution in [-0.2, 0) is 4.74 Å². The van der Waals surface area contributed by atoms with E-state index in [0.717, 1.165) is 0 Å². The normalized spacial score (nSPS) is 31.9. The van der Waals surface area contributed by atoms with Crippen LogP contribution in [0, 0.1) is 0 Å². The van der Waals surface area contributed by atoms with Crippen molar-refractivity contribution in [3.8, 4) is 0 Å². The molecule has 0 aromatic heterocycles. The van der Waals surface area contributed by atoms with Gasteiger partial charge in [0, 0.05) is 0 Å². The summed E-state index contributed by atoms with van der Waals surface area (Å²) < 4.78 is 18.4. The standard InChI is InChI=1S/C10H18FNO3/c1-6-8(11)7(13)5-12(6)9(14)15-10(2,3)4/h6-8,13H,5H2,1-4H3/t6-,7-,8+/m1/s1. The van der Waals surface area contributed by atoms with E-state index in [0.29, 0.717) is 0 Å². The zero-order valence-electron chi connectivity index (χ0n) is 9.53. The van der Waals surface area contributed by atoms with Crippen LogP contribution in [0.15, 0.2) is 0 Å². The van der Waals surface area contributed by atoms with Crippen LogP contribution >= 0.6 is 0 Å². The number of carbonyl (C=O) groups excluding carboxylic acids is 1. The fraction of sp³-hybridized carbons (Fsp3) is 0.900. The number of rotatable bonds is 0. The molecule has 15 heavy (non-hydrogen) atoms. The van der Waals surface area contributed by atoms with Crippen molar-refractivity contribution >= 4 is 6.09 Å². The quantitative estimate of drug-likeness (QED) is 0.668. The van der Waals surface area contributed by atoms with Crippen molar-refractivity contribution in [1.29, 1.82) is 0 Å². The summed E-state index contributed by atoms with van der Waals surface area (Å²) in [4.78, 5) is 12.8. The molecule has 1 aliphatic heterocycles. The summed E-state index contributed by atoms with van der Waals surface area (Å²) in [5, 5.41) is 9.26. The zero-order chi connectivity index (χ0) is 11.8. The van der Waals surface area contributed by atoms with Crippen molar-refractivity contribution < 1.29 is 19.0 Å². The van der Waals surface area contributed by atoms with E-state index >= 15 is 0 Å². The Bertz CT molecular complexity index is 252. The lowest BCUT2D eigenvalue weighted by atomic mass is 10.2. The smallest absolute Gasteiger partial charge is 0.410 e. The first kappa shape index (κ1) is 12.2. The predicted molar refractivity (Wildman–Crippen MR) is 53.3 cm³/mol. The fourth-order valence-corrected chi connectivity index (χ4v) is 1.52. The molecule has 3 atom stereocenters. The molecular formula is C10H18FNO3. The Labute approximate surface area is 89.0 Å². The van der Waals surface area contributed by atoms with Gasteiger partial charge in [0.05, 0.1) is 12.6 Å². The minimum absolute atomic E-state index is 0.00273. The van der Waals surface area contributed by atoms with Gasteiger partial charge in [-0.05, 0) is 27.7 Å². The molecule has 1 saturated heterocycles. The highest BCUT2D eigenvalue weighted by Crippen LogP contribution is 2.23. The number of halogens is 1. The van der Waals surface area contributed by atoms with Crippen LogP contribution in [0.2, 0.25) is 0 Å². The van der Waals surface area contributed by atoms with Crippen LogP contribution in [-0.4, -0.2) is 46.6 Å². The molecule has 1 fully saturated rings. The van der Waals surface area contributed by atoms with Gasteiger partial charge in [-0.15, -0.1) is 0 Å². The summed E-state index contributed by atoms with van der Waals surface area (Å²) in [6, 6.07) is -0.630. The predicted octanol–water partition coefficient (Wildman–Crippen LogP) is 1.32. The van der Waals surface area contributed by atoms with Crippen molar-refractivity contribution in [1.82, 2.24) is 4.90 Å². The Kier molecular flexibility index (Phi) is 3.23. The van der Waals surface area contributed by atoms with E-state index in [4.69, 9.17) is 4.74 Å². The number of aliphatic hydroxyl groups excluding tert-OH is 1. The van der Waals surface area contributed by atoms with Crippen LogP contribution in [0.5, 0.6) is 0 Å². The van der Waals surface area contributed by atoms with E-state index in [-0.39, 0.29) is 6.54 Å². The molecule has 0 saturated carbocycles. The molecule has 1 N–H and O–H groups in total. The maximum Gasteiger partial charge on any atom is 0.410 e. The average Bonchev–Trinajstić information content (AvgIpc) is 2.30. The topological polar surface area (TPSA) is 49.8 Å². The number of β-amino-alcohol motifs (C(OH)–C–C–N with tert-alkyl or cyclic N) is 1. The number of aliphatic hydroxyl groups is 1. The van der Waals surface area contributed by atoms with Gasteiger partial charge in [-0.3, -0.25) is 4.90 Å². The molecule has 0 spiro atoms. The zero-order valence-corrected chi connectivity index (χ0v) is 9.53. The summed E-state index contributed by atoms with van der Waals surface area (Å²) in [6.45, 7) is 6.79. The molecule has 88 valence electrons. The van der Waals surface area contributed by atoms with Gasteiger partial charge < -0.3 is 9.84 Å². The van der Waals surface area contributed by atoms with Crippen LogP contribution < -0.4 is 0 Å². The third-order valence-corrected chi connectivity index (χ3v) is 2.33. The van der Waals surface area contributed by atoms with Crippen molar-refractivity contribution in [2.24, 2.45) is 0 Å². The number of amides is 1. The molecule has 0 unspecified atom stereocenters. The highest BCUT2D eigenvalue weighted by molar-refractivity contribution is 5.69. The summed E-state index contributed by atoms with van der Waals surface area (Å²) in [6.07, 6.45) is -3.07. The third kappa shape index (κ3) is 2.81. The molecule has 1 aliphatic rings. The molecule has 1 rings (SSSR count). The molecule has 1 heterocycles. The van der Waals surface area contributed by atoms with Gasteiger partial charge >= 0.3 is 6.09 Å². The molecule has 0 aromatic carbocycles. The van der Waals surface area contributed by atoms with Crippen molar-refractivity contribution in [3.05, 3.63) is 0 Å². The second-order valence-corrected chi connectivity index (χ2v) is 4.89. The van der Waals surface area contributed by atoms with Crippen LogP contribution in [0.1, 0.15) is 27.7 Å². The Morgan fingerprint density at radius 2 is 2.07 bits per heavy atom. The van der Waals surface area contributed by atoms with Crippen molar-refractivity contribution in [2.75, 3.05) is 6.54 Å². The van der Waals surface area contributed by atoms with E-state index in [9.17, 15) is 14.3 Å². The minimum Gasteiger partial charge on any atom is -0.444 e. The van der Waals surface area contributed by atoms with E-state index in [2.05, 4.69) is 0 Å². The second-order valence-electron chi connectivity index (χ2n) is 4.89. The summed E-state index contributed by atoms with van der Waals surface area (Å²) in [5.41, 5.74) is -0.601. The lowest BCUT2D eigenvalue weighted by molar-refractivity contribution is 0.0209. The van der Waals surface area contributed by atoms with Gasteiger partial charge in [-0.25, -0.2) is 9.18 Å². The Morgan fingerprint density at radius 3 is 2.40 bits per heavy atom. The third-order valence-electron chi connectivity index (χ3n) is 2.33. The first-order valence-electron chi connectivity index (χ1n) is 5.04. The molecule has 4 nitrogen and oxygen atoms in total. The maximum atomic E-state index is 13.3. The second kappa shape index (κ2) is 3.96. The van der Waals surface area contributed by atoms with Gasteiger partial charge in [0.2, 0.25) is 0 Å². The summed E-state index contributed by atoms with van der Waals surface area (Å²) in [7, 11) is 0. The first-order valence-corrected chi connectivity index (χ1v) is 5.04. The van der Waals surface area contributed by atoms with E-state index in [1.165, 1.54) is 4.90 Å². The molecule has 0 radical (unpaired) electrons. The minimum atomic E-state index is -1.39. The molecular weight excluding hydrogens is 201 g/mol. The first-order chi connectivity index (χ1) is 6.72. The van der Waals surface area contributed by atoms with Gasteiger partial charge in [-0.1, -0.05) is 0 Å². The fourth-order valence-electron chi connectivity index (χ4n) is 1.52. The summed E-state index contributed by atoms with van der Waals surface area (Å²) >= 11 is 0. The summed E-state index contributed by atoms with van der Waals surface area (Å²) in [5.74, 6) is 0. The van der Waals surface area contributed by atoms with Gasteiger partial charge in [0.15, 0.2) is 0 Å². The number of alkyl halides is 1. The molecule has 0 bridgehead atoms. The van der Waals surface area contributed by atoms with Gasteiger partial charge in [0.1, 0.15) is 17.9 Å². The SMILES string of the molecule is C[C@@H]1[C@H](F)[C@H](O)CN1C(=O)OC(C)(C)C. The number of carbonyl (C=O) groups is 1. The monoisotopic (exact) mass is 219 g/mol. The Hall–Kier alpha value is -0.840. The largest absolute Gasteiger partial charge is 0.444 e. The number of hydrogen-bond donors (Lipinski definition) is 1. The highest BCUT2D eigenvalue weighted by atomic mass is 19.1. The maximum absolute atomic E-state index is 13.3. The van der Waals surface area contributed by atoms with E-state index in [1.54, 1.807) is 27.7 Å². The lowest BCUT2D eigenvalue weighted by Gasteiger charge is -2.26. The number of nitrogens with zero attached hydrogens (tertiary/aromatic N) is 1. The van der Waals surface area contributed by atoms with Crippen LogP contribution in [0.4, 0.5) is 9.18 Å². The van der Waals surface area contributed by atoms with Gasteiger partial charge in [-0.2, -0.15) is 0 Å². The molecule has 1 amide bonds. The number of hydrogen-bond acceptors (Lipinski definition) is 3. The van der Waals surface area contributed by atoms with Gasteiger partial charge in [0.25, 0.3) is 0 Å². The van der Waals surface area contributed by atoms with Crippen molar-refractivity contribution in [2.45, 2.75) is 51.6 Å². The molecule has 0 aliphatic carbocycles. The van der Waals surface area contributed by atoms with E-state index < -0.39 is 30.0 Å². The number of ether oxygens (including phenoxy) is 1. The van der Waals surface area contributed by atoms with Crippen LogP contribution in [0.25, 0.3) is 0 Å². The average molecular weight is 219 g/mol. The van der Waals surface area contributed by atoms with E-state index in [1.807, 2.05) is 0 Å². The molecule has 0 aromatic rings. The number of likely N-dealkylation sites (tertiary alicyclic amines) is 1. The molecule has 5 heteroatoms. The Balaban J connectivity index is 2.62.